The zero-order chi connectivity index (χ0) is 18.6. The van der Waals surface area contributed by atoms with E-state index in [4.69, 9.17) is 9.15 Å². The van der Waals surface area contributed by atoms with Crippen molar-refractivity contribution in [2.75, 3.05) is 24.7 Å². The summed E-state index contributed by atoms with van der Waals surface area (Å²) in [6.45, 7) is 0.520. The first-order valence-corrected chi connectivity index (χ1v) is 10.3. The molecule has 0 saturated carbocycles. The minimum Gasteiger partial charge on any atom is -0.491 e. The van der Waals surface area contributed by atoms with Crippen LogP contribution in [0.2, 0.25) is 0 Å². The lowest BCUT2D eigenvalue weighted by atomic mass is 10.1. The molecule has 2 aromatic rings. The van der Waals surface area contributed by atoms with Gasteiger partial charge in [0.25, 0.3) is 0 Å². The summed E-state index contributed by atoms with van der Waals surface area (Å²) >= 11 is 0. The fourth-order valence-corrected chi connectivity index (χ4v) is 4.94. The molecule has 142 valence electrons. The van der Waals surface area contributed by atoms with Crippen LogP contribution in [-0.4, -0.2) is 66.4 Å². The van der Waals surface area contributed by atoms with E-state index in [1.165, 1.54) is 6.26 Å². The van der Waals surface area contributed by atoms with Crippen molar-refractivity contribution in [3.8, 4) is 5.75 Å². The Morgan fingerprint density at radius 2 is 1.96 bits per heavy atom. The molecule has 1 aromatic carbocycles. The van der Waals surface area contributed by atoms with Crippen LogP contribution >= 0.6 is 0 Å². The number of sulfone groups is 1. The first kappa shape index (κ1) is 18.9. The van der Waals surface area contributed by atoms with Crippen LogP contribution in [0.25, 0.3) is 0 Å². The normalized spacial score (nSPS) is 23.2. The zero-order valence-corrected chi connectivity index (χ0v) is 15.1. The maximum Gasteiger partial charge on any atom is 0.154 e. The quantitative estimate of drug-likeness (QED) is 0.693. The average Bonchev–Trinajstić information content (AvgIpc) is 3.20. The van der Waals surface area contributed by atoms with Crippen molar-refractivity contribution >= 4 is 9.84 Å². The lowest BCUT2D eigenvalue weighted by Crippen LogP contribution is -2.47. The minimum absolute atomic E-state index is 0.0637. The maximum absolute atomic E-state index is 11.9. The molecule has 1 aliphatic rings. The van der Waals surface area contributed by atoms with E-state index < -0.39 is 28.1 Å². The molecule has 3 atom stereocenters. The van der Waals surface area contributed by atoms with Crippen molar-refractivity contribution < 1.29 is 27.8 Å². The van der Waals surface area contributed by atoms with Crippen molar-refractivity contribution in [3.05, 3.63) is 54.5 Å². The minimum atomic E-state index is -3.29. The summed E-state index contributed by atoms with van der Waals surface area (Å²) in [5, 5.41) is 20.5. The van der Waals surface area contributed by atoms with Gasteiger partial charge in [-0.25, -0.2) is 8.42 Å². The standard InChI is InChI=1S/C18H23NO6S/c20-14(11-25-15-5-2-1-3-6-15)9-19(10-16-7-4-8-24-16)17-12-26(22,23)13-18(17)21/h1-8,14,17-18,20-21H,9-13H2/t14-,17-,18+/m1/s1. The van der Waals surface area contributed by atoms with Crippen molar-refractivity contribution in [2.45, 2.75) is 24.8 Å². The molecule has 2 N–H and O–H groups in total. The van der Waals surface area contributed by atoms with Gasteiger partial charge in [0, 0.05) is 6.54 Å². The van der Waals surface area contributed by atoms with Crippen LogP contribution in [0.5, 0.6) is 5.75 Å². The van der Waals surface area contributed by atoms with E-state index in [1.54, 1.807) is 29.2 Å². The molecule has 0 spiro atoms. The van der Waals surface area contributed by atoms with E-state index in [0.717, 1.165) is 0 Å². The molecule has 1 fully saturated rings. The third kappa shape index (κ3) is 5.07. The predicted octanol–water partition coefficient (Wildman–Crippen LogP) is 0.679. The Kier molecular flexibility index (Phi) is 5.98. The number of benzene rings is 1. The molecule has 1 saturated heterocycles. The largest absolute Gasteiger partial charge is 0.491 e. The first-order chi connectivity index (χ1) is 12.4. The van der Waals surface area contributed by atoms with Crippen LogP contribution in [0.3, 0.4) is 0 Å². The number of furan rings is 1. The highest BCUT2D eigenvalue weighted by molar-refractivity contribution is 7.91. The van der Waals surface area contributed by atoms with Crippen molar-refractivity contribution in [2.24, 2.45) is 0 Å². The molecular formula is C18H23NO6S. The fourth-order valence-electron chi connectivity index (χ4n) is 3.11. The number of nitrogens with zero attached hydrogens (tertiary/aromatic N) is 1. The SMILES string of the molecule is O=S1(=O)C[C@@H](N(Cc2ccco2)C[C@@H](O)COc2ccccc2)[C@@H](O)C1. The molecule has 0 aliphatic carbocycles. The topological polar surface area (TPSA) is 100 Å². The molecule has 0 bridgehead atoms. The van der Waals surface area contributed by atoms with E-state index in [9.17, 15) is 18.6 Å². The third-order valence-corrected chi connectivity index (χ3v) is 6.03. The van der Waals surface area contributed by atoms with Gasteiger partial charge in [0.2, 0.25) is 0 Å². The van der Waals surface area contributed by atoms with Crippen molar-refractivity contribution in [3.63, 3.8) is 0 Å². The smallest absolute Gasteiger partial charge is 0.154 e. The summed E-state index contributed by atoms with van der Waals surface area (Å²) < 4.78 is 34.6. The van der Waals surface area contributed by atoms with Crippen LogP contribution in [0.4, 0.5) is 0 Å². The van der Waals surface area contributed by atoms with E-state index in [-0.39, 0.29) is 24.7 Å². The van der Waals surface area contributed by atoms with Gasteiger partial charge in [-0.15, -0.1) is 0 Å². The van der Waals surface area contributed by atoms with Gasteiger partial charge in [-0.3, -0.25) is 4.90 Å². The summed E-state index contributed by atoms with van der Waals surface area (Å²) in [6, 6.07) is 12.1. The number of rotatable bonds is 8. The summed E-state index contributed by atoms with van der Waals surface area (Å²) in [5.74, 6) is 0.884. The number of para-hydroxylation sites is 1. The number of aliphatic hydroxyl groups excluding tert-OH is 2. The summed E-state index contributed by atoms with van der Waals surface area (Å²) in [6.07, 6.45) is -0.303. The number of hydrogen-bond donors (Lipinski definition) is 2. The van der Waals surface area contributed by atoms with Gasteiger partial charge in [0.15, 0.2) is 9.84 Å². The molecule has 0 radical (unpaired) electrons. The van der Waals surface area contributed by atoms with Crippen molar-refractivity contribution in [1.82, 2.24) is 4.90 Å². The van der Waals surface area contributed by atoms with Gasteiger partial charge in [0.05, 0.1) is 36.5 Å². The summed E-state index contributed by atoms with van der Waals surface area (Å²) in [4.78, 5) is 1.74. The van der Waals surface area contributed by atoms with E-state index >= 15 is 0 Å². The van der Waals surface area contributed by atoms with E-state index in [2.05, 4.69) is 0 Å². The van der Waals surface area contributed by atoms with Gasteiger partial charge in [-0.05, 0) is 24.3 Å². The molecule has 1 aromatic heterocycles. The Hall–Kier alpha value is -1.87. The molecule has 7 nitrogen and oxygen atoms in total. The van der Waals surface area contributed by atoms with Crippen LogP contribution < -0.4 is 4.74 Å². The predicted molar refractivity (Wildman–Crippen MR) is 95.5 cm³/mol. The highest BCUT2D eigenvalue weighted by atomic mass is 32.2. The van der Waals surface area contributed by atoms with Crippen LogP contribution in [0, 0.1) is 0 Å². The lowest BCUT2D eigenvalue weighted by molar-refractivity contribution is 0.0190. The maximum atomic E-state index is 11.9. The van der Waals surface area contributed by atoms with Crippen LogP contribution in [0.1, 0.15) is 5.76 Å². The molecule has 3 rings (SSSR count). The highest BCUT2D eigenvalue weighted by Crippen LogP contribution is 2.21. The molecule has 2 heterocycles. The Morgan fingerprint density at radius 1 is 1.19 bits per heavy atom. The van der Waals surface area contributed by atoms with Gasteiger partial charge in [0.1, 0.15) is 24.2 Å². The number of hydrogen-bond acceptors (Lipinski definition) is 7. The average molecular weight is 381 g/mol. The van der Waals surface area contributed by atoms with Gasteiger partial charge >= 0.3 is 0 Å². The van der Waals surface area contributed by atoms with Gasteiger partial charge < -0.3 is 19.4 Å². The Labute approximate surface area is 152 Å². The second kappa shape index (κ2) is 8.22. The highest BCUT2D eigenvalue weighted by Gasteiger charge is 2.40. The molecule has 26 heavy (non-hydrogen) atoms. The van der Waals surface area contributed by atoms with Crippen LogP contribution in [0.15, 0.2) is 53.1 Å². The monoisotopic (exact) mass is 381 g/mol. The number of aliphatic hydroxyl groups is 2. The second-order valence-electron chi connectivity index (χ2n) is 6.50. The second-order valence-corrected chi connectivity index (χ2v) is 8.65. The van der Waals surface area contributed by atoms with E-state index in [0.29, 0.717) is 18.1 Å². The zero-order valence-electron chi connectivity index (χ0n) is 14.3. The van der Waals surface area contributed by atoms with E-state index in [1.807, 2.05) is 18.2 Å². The molecule has 0 unspecified atom stereocenters. The Balaban J connectivity index is 1.65. The van der Waals surface area contributed by atoms with Gasteiger partial charge in [-0.2, -0.15) is 0 Å². The third-order valence-electron chi connectivity index (χ3n) is 4.33. The Bertz CT molecular complexity index is 777. The fraction of sp³-hybridized carbons (Fsp3) is 0.444. The Morgan fingerprint density at radius 3 is 2.58 bits per heavy atom. The summed E-state index contributed by atoms with van der Waals surface area (Å²) in [7, 11) is -3.29. The van der Waals surface area contributed by atoms with Crippen molar-refractivity contribution in [1.29, 1.82) is 0 Å². The molecule has 8 heteroatoms. The molecular weight excluding hydrogens is 358 g/mol. The summed E-state index contributed by atoms with van der Waals surface area (Å²) in [5.41, 5.74) is 0. The van der Waals surface area contributed by atoms with Gasteiger partial charge in [-0.1, -0.05) is 18.2 Å². The molecule has 0 amide bonds. The first-order valence-electron chi connectivity index (χ1n) is 8.44. The lowest BCUT2D eigenvalue weighted by Gasteiger charge is -2.31. The molecule has 1 aliphatic heterocycles. The van der Waals surface area contributed by atoms with Crippen LogP contribution in [-0.2, 0) is 16.4 Å². The number of ether oxygens (including phenoxy) is 1.